The third-order valence-corrected chi connectivity index (χ3v) is 2.21. The largest absolute Gasteiger partial charge is 0.488 e. The highest BCUT2D eigenvalue weighted by Gasteiger charge is 2.12. The molecule has 0 aliphatic heterocycles. The van der Waals surface area contributed by atoms with Crippen molar-refractivity contribution in [3.63, 3.8) is 0 Å². The molecule has 6 heteroatoms. The number of benzene rings is 1. The van der Waals surface area contributed by atoms with E-state index in [-0.39, 0.29) is 0 Å². The fraction of sp³-hybridized carbons (Fsp3) is 0. The molecule has 14 heavy (non-hydrogen) atoms. The summed E-state index contributed by atoms with van der Waals surface area (Å²) < 4.78 is 0. The molecule has 2 N–H and O–H groups in total. The molecule has 0 amide bonds. The molecule has 1 aromatic carbocycles. The van der Waals surface area contributed by atoms with Gasteiger partial charge in [0.1, 0.15) is 11.5 Å². The predicted molar refractivity (Wildman–Crippen MR) is 54.4 cm³/mol. The molecule has 0 saturated heterocycles. The highest BCUT2D eigenvalue weighted by atomic mass is 35.5. The Hall–Kier alpha value is -1.17. The summed E-state index contributed by atoms with van der Waals surface area (Å²) in [6, 6.07) is 4.80. The van der Waals surface area contributed by atoms with Crippen molar-refractivity contribution < 1.29 is 10.0 Å². The Labute approximate surface area is 85.3 Å². The van der Waals surface area contributed by atoms with Crippen molar-refractivity contribution in [2.75, 3.05) is 0 Å². The molecule has 0 bridgehead atoms. The average molecular weight is 208 g/mol. The maximum absolute atomic E-state index is 8.95. The Morgan fingerprint density at radius 3 is 2.71 bits per heavy atom. The number of aromatic nitrogens is 2. The van der Waals surface area contributed by atoms with E-state index in [2.05, 4.69) is 9.97 Å². The quantitative estimate of drug-likeness (QED) is 0.510. The first kappa shape index (κ1) is 9.39. The van der Waals surface area contributed by atoms with E-state index >= 15 is 0 Å². The fourth-order valence-corrected chi connectivity index (χ4v) is 1.40. The number of halogens is 1. The first-order valence-electron chi connectivity index (χ1n) is 3.95. The van der Waals surface area contributed by atoms with Crippen LogP contribution in [0.5, 0.6) is 0 Å². The van der Waals surface area contributed by atoms with Gasteiger partial charge in [-0.15, -0.1) is 0 Å². The van der Waals surface area contributed by atoms with Gasteiger partial charge in [0.15, 0.2) is 0 Å². The number of hydrogen-bond acceptors (Lipinski definition) is 4. The van der Waals surface area contributed by atoms with E-state index < -0.39 is 7.12 Å². The minimum Gasteiger partial charge on any atom is -0.423 e. The summed E-state index contributed by atoms with van der Waals surface area (Å²) in [6.07, 6.45) is 1.36. The summed E-state index contributed by atoms with van der Waals surface area (Å²) in [5.41, 5.74) is 1.05. The average Bonchev–Trinajstić information content (AvgIpc) is 2.18. The molecule has 0 fully saturated rings. The molecule has 0 aliphatic rings. The maximum Gasteiger partial charge on any atom is 0.488 e. The number of fused-ring (bicyclic) bond motifs is 1. The van der Waals surface area contributed by atoms with Crippen molar-refractivity contribution in [2.45, 2.75) is 0 Å². The van der Waals surface area contributed by atoms with Crippen molar-refractivity contribution in [2.24, 2.45) is 0 Å². The van der Waals surface area contributed by atoms with Crippen LogP contribution in [0.2, 0.25) is 5.15 Å². The molecule has 2 aromatic rings. The highest BCUT2D eigenvalue weighted by Crippen LogP contribution is 2.17. The summed E-state index contributed by atoms with van der Waals surface area (Å²) >= 11 is 5.82. The SMILES string of the molecule is OB(O)c1ccc2ncnc(Cl)c2c1. The molecule has 1 aromatic heterocycles. The van der Waals surface area contributed by atoms with Gasteiger partial charge >= 0.3 is 7.12 Å². The van der Waals surface area contributed by atoms with Crippen molar-refractivity contribution in [3.8, 4) is 0 Å². The molecule has 0 atom stereocenters. The topological polar surface area (TPSA) is 66.2 Å². The zero-order valence-corrected chi connectivity index (χ0v) is 7.81. The third kappa shape index (κ3) is 1.57. The molecule has 1 heterocycles. The zero-order chi connectivity index (χ0) is 10.1. The van der Waals surface area contributed by atoms with E-state index in [4.69, 9.17) is 21.6 Å². The summed E-state index contributed by atoms with van der Waals surface area (Å²) in [7, 11) is -1.50. The molecule has 70 valence electrons. The monoisotopic (exact) mass is 208 g/mol. The van der Waals surface area contributed by atoms with Gasteiger partial charge in [0.25, 0.3) is 0 Å². The van der Waals surface area contributed by atoms with E-state index in [1.54, 1.807) is 18.2 Å². The molecule has 0 unspecified atom stereocenters. The first-order chi connectivity index (χ1) is 6.68. The highest BCUT2D eigenvalue weighted by molar-refractivity contribution is 6.59. The Morgan fingerprint density at radius 2 is 2.00 bits per heavy atom. The smallest absolute Gasteiger partial charge is 0.423 e. The van der Waals surface area contributed by atoms with Gasteiger partial charge in [-0.3, -0.25) is 0 Å². The molecule has 0 aliphatic carbocycles. The van der Waals surface area contributed by atoms with E-state index in [1.807, 2.05) is 0 Å². The fourth-order valence-electron chi connectivity index (χ4n) is 1.20. The molecule has 4 nitrogen and oxygen atoms in total. The first-order valence-corrected chi connectivity index (χ1v) is 4.32. The summed E-state index contributed by atoms with van der Waals surface area (Å²) in [5.74, 6) is 0. The lowest BCUT2D eigenvalue weighted by Gasteiger charge is -2.02. The standard InChI is InChI=1S/C8H6BClN2O2/c10-8-6-3-5(9(13)14)1-2-7(6)11-4-12-8/h1-4,13-14H. The second-order valence-electron chi connectivity index (χ2n) is 2.81. The van der Waals surface area contributed by atoms with Gasteiger partial charge in [0.05, 0.1) is 5.52 Å². The molecule has 0 saturated carbocycles. The summed E-state index contributed by atoms with van der Waals surface area (Å²) in [5, 5.41) is 18.8. The van der Waals surface area contributed by atoms with Gasteiger partial charge in [-0.05, 0) is 17.6 Å². The minimum absolute atomic E-state index is 0.303. The second kappa shape index (κ2) is 3.53. The van der Waals surface area contributed by atoms with Gasteiger partial charge in [0, 0.05) is 5.39 Å². The van der Waals surface area contributed by atoms with E-state index in [9.17, 15) is 0 Å². The lowest BCUT2D eigenvalue weighted by Crippen LogP contribution is -2.29. The zero-order valence-electron chi connectivity index (χ0n) is 7.05. The van der Waals surface area contributed by atoms with Crippen LogP contribution in [0.15, 0.2) is 24.5 Å². The summed E-state index contributed by atoms with van der Waals surface area (Å²) in [6.45, 7) is 0. The molecular formula is C8H6BClN2O2. The molecule has 0 radical (unpaired) electrons. The van der Waals surface area contributed by atoms with E-state index in [0.717, 1.165) is 0 Å². The lowest BCUT2D eigenvalue weighted by atomic mass is 9.80. The van der Waals surface area contributed by atoms with Crippen molar-refractivity contribution in [1.82, 2.24) is 9.97 Å². The minimum atomic E-state index is -1.50. The summed E-state index contributed by atoms with van der Waals surface area (Å²) in [4.78, 5) is 7.78. The maximum atomic E-state index is 8.95. The predicted octanol–water partition coefficient (Wildman–Crippen LogP) is -0.0370. The van der Waals surface area contributed by atoms with Crippen molar-refractivity contribution in [3.05, 3.63) is 29.7 Å². The van der Waals surface area contributed by atoms with Gasteiger partial charge in [-0.25, -0.2) is 9.97 Å². The van der Waals surface area contributed by atoms with Crippen molar-refractivity contribution in [1.29, 1.82) is 0 Å². The Balaban J connectivity index is 2.70. The van der Waals surface area contributed by atoms with Gasteiger partial charge in [-0.2, -0.15) is 0 Å². The Morgan fingerprint density at radius 1 is 1.21 bits per heavy atom. The lowest BCUT2D eigenvalue weighted by molar-refractivity contribution is 0.426. The number of nitrogens with zero attached hydrogens (tertiary/aromatic N) is 2. The Bertz CT molecular complexity index is 478. The van der Waals surface area contributed by atoms with Crippen molar-refractivity contribution >= 4 is 35.1 Å². The normalized spacial score (nSPS) is 10.5. The number of rotatable bonds is 1. The van der Waals surface area contributed by atoms with Crippen LogP contribution in [0.1, 0.15) is 0 Å². The van der Waals surface area contributed by atoms with Gasteiger partial charge in [-0.1, -0.05) is 17.7 Å². The van der Waals surface area contributed by atoms with Crippen LogP contribution in [0.3, 0.4) is 0 Å². The van der Waals surface area contributed by atoms with E-state index in [0.29, 0.717) is 21.5 Å². The van der Waals surface area contributed by atoms with Crippen LogP contribution < -0.4 is 5.46 Å². The van der Waals surface area contributed by atoms with E-state index in [1.165, 1.54) is 6.33 Å². The van der Waals surface area contributed by atoms with Gasteiger partial charge < -0.3 is 10.0 Å². The number of hydrogen-bond donors (Lipinski definition) is 2. The van der Waals surface area contributed by atoms with Gasteiger partial charge in [0.2, 0.25) is 0 Å². The van der Waals surface area contributed by atoms with Crippen LogP contribution >= 0.6 is 11.6 Å². The van der Waals surface area contributed by atoms with Crippen LogP contribution in [-0.4, -0.2) is 27.1 Å². The Kier molecular flexibility index (Phi) is 2.37. The van der Waals surface area contributed by atoms with Crippen LogP contribution in [0.25, 0.3) is 10.9 Å². The van der Waals surface area contributed by atoms with Crippen LogP contribution in [-0.2, 0) is 0 Å². The second-order valence-corrected chi connectivity index (χ2v) is 3.17. The molecule has 0 spiro atoms. The van der Waals surface area contributed by atoms with Crippen LogP contribution in [0.4, 0.5) is 0 Å². The van der Waals surface area contributed by atoms with Crippen LogP contribution in [0, 0.1) is 0 Å². The molecular weight excluding hydrogens is 202 g/mol. The third-order valence-electron chi connectivity index (χ3n) is 1.91. The molecule has 2 rings (SSSR count).